The van der Waals surface area contributed by atoms with Gasteiger partial charge in [0.05, 0.1) is 12.6 Å². The number of rotatable bonds is 2. The number of amides is 1. The molecule has 4 fully saturated rings. The molecule has 0 bridgehead atoms. The Labute approximate surface area is 175 Å². The van der Waals surface area contributed by atoms with E-state index in [1.165, 1.54) is 32.1 Å². The lowest BCUT2D eigenvalue weighted by molar-refractivity contribution is -0.189. The van der Waals surface area contributed by atoms with Crippen molar-refractivity contribution in [3.8, 4) is 5.75 Å². The van der Waals surface area contributed by atoms with Crippen molar-refractivity contribution in [2.45, 2.75) is 77.9 Å². The molecule has 1 aromatic rings. The van der Waals surface area contributed by atoms with Crippen molar-refractivity contribution in [2.75, 3.05) is 7.05 Å². The van der Waals surface area contributed by atoms with E-state index in [0.717, 1.165) is 24.0 Å². The zero-order chi connectivity index (χ0) is 20.4. The summed E-state index contributed by atoms with van der Waals surface area (Å²) in [6.07, 6.45) is 11.9. The van der Waals surface area contributed by atoms with Crippen LogP contribution in [0.3, 0.4) is 0 Å². The molecule has 158 valence electrons. The summed E-state index contributed by atoms with van der Waals surface area (Å²) in [5.74, 6) is 3.94. The van der Waals surface area contributed by atoms with Crippen molar-refractivity contribution in [1.82, 2.24) is 9.88 Å². The third-order valence-electron chi connectivity index (χ3n) is 9.71. The first kappa shape index (κ1) is 19.4. The second kappa shape index (κ2) is 6.72. The average molecular weight is 397 g/mol. The zero-order valence-corrected chi connectivity index (χ0v) is 18.4. The van der Waals surface area contributed by atoms with Crippen LogP contribution < -0.4 is 4.74 Å². The average Bonchev–Trinajstić information content (AvgIpc) is 3.10. The van der Waals surface area contributed by atoms with Crippen LogP contribution in [0.4, 0.5) is 0 Å². The van der Waals surface area contributed by atoms with E-state index in [9.17, 15) is 4.79 Å². The standard InChI is InChI=1S/C25H36N2O2/c1-16-13-20-25(3,19-9-11-24(2)10-5-8-18(24)23(16)19)21(14-22(28)27(20)4)29-17-7-6-12-26-15-17/h6-7,12,15-16,18-21,23H,5,8-11,13-14H2,1-4H3/t16?,18-,19+,20?,21?,23-,24-,25+/m0/s1. The largest absolute Gasteiger partial charge is 0.488 e. The van der Waals surface area contributed by atoms with Crippen LogP contribution in [-0.2, 0) is 4.79 Å². The molecule has 4 heteroatoms. The molecule has 5 rings (SSSR count). The number of hydrogen-bond donors (Lipinski definition) is 0. The number of likely N-dealkylation sites (tertiary alicyclic amines) is 1. The molecule has 8 atom stereocenters. The minimum atomic E-state index is -0.0637. The summed E-state index contributed by atoms with van der Waals surface area (Å²) in [5, 5.41) is 0. The van der Waals surface area contributed by atoms with Crippen LogP contribution >= 0.6 is 0 Å². The quantitative estimate of drug-likeness (QED) is 0.711. The van der Waals surface area contributed by atoms with Crippen LogP contribution in [0.1, 0.15) is 65.7 Å². The van der Waals surface area contributed by atoms with Crippen molar-refractivity contribution in [3.63, 3.8) is 0 Å². The highest BCUT2D eigenvalue weighted by molar-refractivity contribution is 5.78. The fraction of sp³-hybridized carbons (Fsp3) is 0.760. The van der Waals surface area contributed by atoms with Gasteiger partial charge in [-0.2, -0.15) is 0 Å². The Morgan fingerprint density at radius 1 is 1.21 bits per heavy atom. The first-order valence-corrected chi connectivity index (χ1v) is 11.7. The SMILES string of the molecule is CC1CC2N(C)C(=O)CC(Oc3cccnc3)[C@]2(C)[C@@H]2CC[C@]3(C)CCC[C@H]3[C@H]12. The van der Waals surface area contributed by atoms with E-state index in [2.05, 4.69) is 30.7 Å². The molecule has 0 radical (unpaired) electrons. The fourth-order valence-corrected chi connectivity index (χ4v) is 8.19. The van der Waals surface area contributed by atoms with E-state index in [1.54, 1.807) is 12.4 Å². The molecule has 0 N–H and O–H groups in total. The molecule has 29 heavy (non-hydrogen) atoms. The maximum Gasteiger partial charge on any atom is 0.226 e. The van der Waals surface area contributed by atoms with Gasteiger partial charge in [0.15, 0.2) is 0 Å². The van der Waals surface area contributed by atoms with E-state index in [1.807, 2.05) is 19.2 Å². The molecule has 3 aliphatic carbocycles. The van der Waals surface area contributed by atoms with E-state index in [0.29, 0.717) is 23.7 Å². The lowest BCUT2D eigenvalue weighted by Gasteiger charge is -2.64. The second-order valence-electron chi connectivity index (χ2n) is 11.0. The Morgan fingerprint density at radius 2 is 2.03 bits per heavy atom. The maximum absolute atomic E-state index is 12.9. The molecule has 4 aliphatic rings. The molecule has 1 amide bonds. The summed E-state index contributed by atoms with van der Waals surface area (Å²) in [6.45, 7) is 7.47. The first-order valence-electron chi connectivity index (χ1n) is 11.7. The molecule has 0 spiro atoms. The number of aromatic nitrogens is 1. The van der Waals surface area contributed by atoms with Gasteiger partial charge in [-0.3, -0.25) is 9.78 Å². The summed E-state index contributed by atoms with van der Waals surface area (Å²) in [4.78, 5) is 19.2. The summed E-state index contributed by atoms with van der Waals surface area (Å²) < 4.78 is 6.56. The van der Waals surface area contributed by atoms with Crippen LogP contribution in [0.5, 0.6) is 5.75 Å². The minimum Gasteiger partial charge on any atom is -0.488 e. The van der Waals surface area contributed by atoms with Crippen LogP contribution in [0, 0.1) is 34.5 Å². The summed E-state index contributed by atoms with van der Waals surface area (Å²) in [5.41, 5.74) is 0.536. The molecule has 4 nitrogen and oxygen atoms in total. The smallest absolute Gasteiger partial charge is 0.226 e. The Hall–Kier alpha value is -1.58. The number of carbonyl (C=O) groups is 1. The van der Waals surface area contributed by atoms with E-state index in [-0.39, 0.29) is 23.5 Å². The van der Waals surface area contributed by atoms with Gasteiger partial charge in [0.2, 0.25) is 5.91 Å². The highest BCUT2D eigenvalue weighted by Crippen LogP contribution is 2.66. The molecule has 2 heterocycles. The van der Waals surface area contributed by atoms with Crippen LogP contribution in [0.2, 0.25) is 0 Å². The first-order chi connectivity index (χ1) is 13.8. The summed E-state index contributed by atoms with van der Waals surface area (Å²) in [7, 11) is 2.03. The number of fused-ring (bicyclic) bond motifs is 5. The Morgan fingerprint density at radius 3 is 2.79 bits per heavy atom. The lowest BCUT2D eigenvalue weighted by atomic mass is 9.44. The van der Waals surface area contributed by atoms with Crippen molar-refractivity contribution >= 4 is 5.91 Å². The number of nitrogens with zero attached hydrogens (tertiary/aromatic N) is 2. The summed E-state index contributed by atoms with van der Waals surface area (Å²) >= 11 is 0. The predicted molar refractivity (Wildman–Crippen MR) is 113 cm³/mol. The maximum atomic E-state index is 12.9. The van der Waals surface area contributed by atoms with Crippen molar-refractivity contribution in [3.05, 3.63) is 24.5 Å². The summed E-state index contributed by atoms with van der Waals surface area (Å²) in [6, 6.07) is 4.17. The Balaban J connectivity index is 1.54. The molecule has 3 saturated carbocycles. The van der Waals surface area contributed by atoms with Gasteiger partial charge in [-0.1, -0.05) is 27.2 Å². The molecule has 1 aliphatic heterocycles. The van der Waals surface area contributed by atoms with E-state index >= 15 is 0 Å². The number of carbonyl (C=O) groups excluding carboxylic acids is 1. The molecule has 1 saturated heterocycles. The van der Waals surface area contributed by atoms with Gasteiger partial charge in [0, 0.05) is 24.7 Å². The van der Waals surface area contributed by atoms with E-state index in [4.69, 9.17) is 4.74 Å². The Kier molecular flexibility index (Phi) is 4.49. The molecular formula is C25H36N2O2. The van der Waals surface area contributed by atoms with Crippen LogP contribution in [0.15, 0.2) is 24.5 Å². The zero-order valence-electron chi connectivity index (χ0n) is 18.4. The van der Waals surface area contributed by atoms with E-state index < -0.39 is 0 Å². The molecule has 3 unspecified atom stereocenters. The Bertz CT molecular complexity index is 782. The number of hydrogen-bond acceptors (Lipinski definition) is 3. The lowest BCUT2D eigenvalue weighted by Crippen LogP contribution is -2.68. The monoisotopic (exact) mass is 396 g/mol. The minimum absolute atomic E-state index is 0.000399. The predicted octanol–water partition coefficient (Wildman–Crippen LogP) is 4.94. The third kappa shape index (κ3) is 2.77. The van der Waals surface area contributed by atoms with Gasteiger partial charge in [0.1, 0.15) is 11.9 Å². The van der Waals surface area contributed by atoms with Gasteiger partial charge < -0.3 is 9.64 Å². The van der Waals surface area contributed by atoms with Crippen molar-refractivity contribution < 1.29 is 9.53 Å². The van der Waals surface area contributed by atoms with Crippen molar-refractivity contribution in [1.29, 1.82) is 0 Å². The van der Waals surface area contributed by atoms with Crippen LogP contribution in [-0.4, -0.2) is 35.0 Å². The number of pyridine rings is 1. The fourth-order valence-electron chi connectivity index (χ4n) is 8.19. The second-order valence-corrected chi connectivity index (χ2v) is 11.0. The number of piperidine rings is 1. The van der Waals surface area contributed by atoms with Gasteiger partial charge in [0.25, 0.3) is 0 Å². The third-order valence-corrected chi connectivity index (χ3v) is 9.71. The topological polar surface area (TPSA) is 42.4 Å². The normalized spacial score (nSPS) is 46.6. The van der Waals surface area contributed by atoms with Gasteiger partial charge >= 0.3 is 0 Å². The highest BCUT2D eigenvalue weighted by atomic mass is 16.5. The highest BCUT2D eigenvalue weighted by Gasteiger charge is 2.64. The molecular weight excluding hydrogens is 360 g/mol. The van der Waals surface area contributed by atoms with Gasteiger partial charge in [-0.15, -0.1) is 0 Å². The van der Waals surface area contributed by atoms with Crippen LogP contribution in [0.25, 0.3) is 0 Å². The van der Waals surface area contributed by atoms with Gasteiger partial charge in [-0.25, -0.2) is 0 Å². The number of ether oxygens (including phenoxy) is 1. The van der Waals surface area contributed by atoms with Gasteiger partial charge in [-0.05, 0) is 73.3 Å². The van der Waals surface area contributed by atoms with Crippen molar-refractivity contribution in [2.24, 2.45) is 34.5 Å². The molecule has 0 aromatic carbocycles. The molecule has 1 aromatic heterocycles.